The number of rotatable bonds is 8. The van der Waals surface area contributed by atoms with Crippen LogP contribution >= 0.6 is 0 Å². The van der Waals surface area contributed by atoms with Crippen molar-refractivity contribution in [3.63, 3.8) is 0 Å². The van der Waals surface area contributed by atoms with Gasteiger partial charge < -0.3 is 19.6 Å². The molecule has 0 fully saturated rings. The maximum atomic E-state index is 3.16. The van der Waals surface area contributed by atoms with E-state index in [1.165, 1.54) is 22.3 Å². The SMILES string of the molecule is CN(C)Cc1[c-]cccc1.CN(C)Cc1[c-]cccc1.CN(C)Cc1[c-]cccc1.CN(C)Cc1[c-]cccc1.[Cu+].[Cu+].[Cu+].[Cu+]. The Labute approximate surface area is 311 Å². The Balaban J connectivity index is -0.000000235. The normalized spacial score (nSPS) is 9.36. The second kappa shape index (κ2) is 31.8. The van der Waals surface area contributed by atoms with Gasteiger partial charge in [-0.2, -0.15) is 121 Å². The molecule has 0 bridgehead atoms. The third-order valence-corrected chi connectivity index (χ3v) is 5.04. The maximum absolute atomic E-state index is 3.16. The summed E-state index contributed by atoms with van der Waals surface area (Å²) in [6, 6.07) is 44.8. The van der Waals surface area contributed by atoms with E-state index in [2.05, 4.69) is 125 Å². The molecule has 0 amide bonds. The van der Waals surface area contributed by atoms with Gasteiger partial charge in [0, 0.05) is 26.2 Å². The summed E-state index contributed by atoms with van der Waals surface area (Å²) in [5, 5.41) is 0. The van der Waals surface area contributed by atoms with E-state index in [1.54, 1.807) is 0 Å². The van der Waals surface area contributed by atoms with Crippen molar-refractivity contribution in [1.82, 2.24) is 19.6 Å². The first-order valence-electron chi connectivity index (χ1n) is 13.6. The van der Waals surface area contributed by atoms with E-state index in [0.29, 0.717) is 0 Å². The second-order valence-electron chi connectivity index (χ2n) is 10.5. The smallest absolute Gasteiger partial charge is 0.307 e. The zero-order chi connectivity index (χ0) is 29.6. The Morgan fingerprint density at radius 2 is 0.523 bits per heavy atom. The van der Waals surface area contributed by atoms with Crippen LogP contribution in [0.25, 0.3) is 0 Å². The van der Waals surface area contributed by atoms with E-state index in [1.807, 2.05) is 72.8 Å². The number of hydrogen-bond acceptors (Lipinski definition) is 4. The fraction of sp³-hybridized carbons (Fsp3) is 0.333. The summed E-state index contributed by atoms with van der Waals surface area (Å²) < 4.78 is 0. The Bertz CT molecular complexity index is 918. The van der Waals surface area contributed by atoms with Gasteiger partial charge in [0.25, 0.3) is 0 Å². The first-order chi connectivity index (χ1) is 19.2. The standard InChI is InChI=1S/4C9H12N.4Cu/c4*1-10(2)8-9-6-4-3-5-7-9;;;;/h4*3-6H,8H2,1-2H3;;;;/q4*-1;4*+1. The molecule has 4 rings (SSSR count). The monoisotopic (exact) mass is 788 g/mol. The topological polar surface area (TPSA) is 13.0 Å². The molecule has 0 heterocycles. The van der Waals surface area contributed by atoms with Gasteiger partial charge >= 0.3 is 68.3 Å². The maximum Gasteiger partial charge on any atom is 1.00 e. The minimum absolute atomic E-state index is 0. The van der Waals surface area contributed by atoms with E-state index in [4.69, 9.17) is 0 Å². The van der Waals surface area contributed by atoms with Crippen molar-refractivity contribution < 1.29 is 68.3 Å². The van der Waals surface area contributed by atoms with Crippen molar-refractivity contribution in [1.29, 1.82) is 0 Å². The van der Waals surface area contributed by atoms with Gasteiger partial charge in [-0.05, 0) is 56.4 Å². The summed E-state index contributed by atoms with van der Waals surface area (Å²) in [7, 11) is 16.5. The van der Waals surface area contributed by atoms with E-state index in [9.17, 15) is 0 Å². The summed E-state index contributed by atoms with van der Waals surface area (Å²) in [5.41, 5.74) is 4.97. The van der Waals surface area contributed by atoms with Gasteiger partial charge in [-0.3, -0.25) is 0 Å². The average Bonchev–Trinajstić information content (AvgIpc) is 2.91. The van der Waals surface area contributed by atoms with Crippen molar-refractivity contribution in [3.8, 4) is 0 Å². The molecule has 0 saturated carbocycles. The second-order valence-corrected chi connectivity index (χ2v) is 10.5. The van der Waals surface area contributed by atoms with Gasteiger partial charge in [0.05, 0.1) is 0 Å². The fourth-order valence-corrected chi connectivity index (χ4v) is 3.48. The Morgan fingerprint density at radius 1 is 0.341 bits per heavy atom. The third-order valence-electron chi connectivity index (χ3n) is 5.04. The first kappa shape index (κ1) is 49.7. The van der Waals surface area contributed by atoms with Gasteiger partial charge in [0.15, 0.2) is 0 Å². The molecular formula is C36H48Cu4N4. The molecule has 4 nitrogen and oxygen atoms in total. The van der Waals surface area contributed by atoms with Crippen LogP contribution in [0.4, 0.5) is 0 Å². The van der Waals surface area contributed by atoms with Gasteiger partial charge in [0.2, 0.25) is 0 Å². The van der Waals surface area contributed by atoms with Crippen molar-refractivity contribution in [2.45, 2.75) is 26.2 Å². The molecule has 0 spiro atoms. The van der Waals surface area contributed by atoms with E-state index >= 15 is 0 Å². The van der Waals surface area contributed by atoms with Gasteiger partial charge in [0.1, 0.15) is 0 Å². The van der Waals surface area contributed by atoms with Crippen LogP contribution in [0, 0.1) is 24.3 Å². The van der Waals surface area contributed by atoms with Crippen LogP contribution < -0.4 is 0 Å². The van der Waals surface area contributed by atoms with Gasteiger partial charge in [-0.1, -0.05) is 0 Å². The first-order valence-corrected chi connectivity index (χ1v) is 13.6. The van der Waals surface area contributed by atoms with E-state index < -0.39 is 0 Å². The molecule has 0 saturated heterocycles. The summed E-state index contributed by atoms with van der Waals surface area (Å²) in [4.78, 5) is 8.52. The van der Waals surface area contributed by atoms with Crippen LogP contribution in [-0.4, -0.2) is 76.0 Å². The van der Waals surface area contributed by atoms with Crippen LogP contribution in [0.15, 0.2) is 97.1 Å². The average molecular weight is 791 g/mol. The predicted octanol–water partition coefficient (Wildman–Crippen LogP) is 6.18. The molecule has 4 aromatic carbocycles. The zero-order valence-electron chi connectivity index (χ0n) is 27.1. The van der Waals surface area contributed by atoms with Crippen LogP contribution in [0.3, 0.4) is 0 Å². The van der Waals surface area contributed by atoms with Crippen LogP contribution in [-0.2, 0) is 94.5 Å². The molecule has 0 aromatic heterocycles. The van der Waals surface area contributed by atoms with Crippen LogP contribution in [0.1, 0.15) is 22.3 Å². The van der Waals surface area contributed by atoms with E-state index in [0.717, 1.165) is 26.2 Å². The third kappa shape index (κ3) is 29.5. The minimum atomic E-state index is 0. The number of nitrogens with zero attached hydrogens (tertiary/aromatic N) is 4. The largest absolute Gasteiger partial charge is 1.00 e. The molecule has 0 unspecified atom stereocenters. The summed E-state index contributed by atoms with van der Waals surface area (Å²) in [6.45, 7) is 3.89. The molecule has 0 aliphatic carbocycles. The Morgan fingerprint density at radius 3 is 0.636 bits per heavy atom. The molecule has 0 atom stereocenters. The zero-order valence-corrected chi connectivity index (χ0v) is 30.8. The van der Waals surface area contributed by atoms with Crippen molar-refractivity contribution >= 4 is 0 Å². The molecule has 44 heavy (non-hydrogen) atoms. The predicted molar refractivity (Wildman–Crippen MR) is 171 cm³/mol. The Hall–Kier alpha value is -1.20. The molecule has 0 radical (unpaired) electrons. The molecule has 0 aliphatic rings. The number of hydrogen-bond donors (Lipinski definition) is 0. The Kier molecular flexibility index (Phi) is 35.9. The molecule has 4 aromatic rings. The molecule has 0 aliphatic heterocycles. The van der Waals surface area contributed by atoms with Crippen molar-refractivity contribution in [2.75, 3.05) is 56.4 Å². The summed E-state index contributed by atoms with van der Waals surface area (Å²) >= 11 is 0. The molecular weight excluding hydrogens is 743 g/mol. The fourth-order valence-electron chi connectivity index (χ4n) is 3.48. The molecule has 0 N–H and O–H groups in total. The van der Waals surface area contributed by atoms with Crippen LogP contribution in [0.5, 0.6) is 0 Å². The van der Waals surface area contributed by atoms with Crippen molar-refractivity contribution in [2.24, 2.45) is 0 Å². The van der Waals surface area contributed by atoms with Crippen molar-refractivity contribution in [3.05, 3.63) is 144 Å². The summed E-state index contributed by atoms with van der Waals surface area (Å²) in [6.07, 6.45) is 0. The molecule has 8 heteroatoms. The summed E-state index contributed by atoms with van der Waals surface area (Å²) in [5.74, 6) is 0. The quantitative estimate of drug-likeness (QED) is 0.156. The minimum Gasteiger partial charge on any atom is -0.307 e. The van der Waals surface area contributed by atoms with Crippen LogP contribution in [0.2, 0.25) is 0 Å². The number of benzene rings is 4. The molecule has 256 valence electrons. The van der Waals surface area contributed by atoms with E-state index in [-0.39, 0.29) is 68.3 Å². The van der Waals surface area contributed by atoms with Gasteiger partial charge in [-0.25, -0.2) is 0 Å². The van der Waals surface area contributed by atoms with Gasteiger partial charge in [-0.15, -0.1) is 22.3 Å².